The van der Waals surface area contributed by atoms with Gasteiger partial charge in [-0.2, -0.15) is 0 Å². The van der Waals surface area contributed by atoms with Gasteiger partial charge in [0.05, 0.1) is 11.5 Å². The van der Waals surface area contributed by atoms with Gasteiger partial charge in [-0.15, -0.1) is 0 Å². The number of carbonyl (C=O) groups is 2. The lowest BCUT2D eigenvalue weighted by Crippen LogP contribution is -2.30. The summed E-state index contributed by atoms with van der Waals surface area (Å²) in [6.45, 7) is 5.68. The van der Waals surface area contributed by atoms with Crippen molar-refractivity contribution in [1.29, 1.82) is 0 Å². The zero-order valence-electron chi connectivity index (χ0n) is 14.8. The third-order valence-corrected chi connectivity index (χ3v) is 6.14. The average molecular weight is 367 g/mol. The Labute approximate surface area is 148 Å². The van der Waals surface area contributed by atoms with Gasteiger partial charge in [0.25, 0.3) is 5.91 Å². The predicted octanol–water partition coefficient (Wildman–Crippen LogP) is 2.51. The Morgan fingerprint density at radius 1 is 1.20 bits per heavy atom. The molecule has 7 heteroatoms. The van der Waals surface area contributed by atoms with E-state index >= 15 is 0 Å². The highest BCUT2D eigenvalue weighted by molar-refractivity contribution is 7.91. The molecule has 1 aliphatic heterocycles. The number of sulfone groups is 1. The molecule has 0 unspecified atom stereocenters. The smallest absolute Gasteiger partial charge is 0.306 e. The molecule has 1 aromatic rings. The van der Waals surface area contributed by atoms with Crippen LogP contribution in [-0.4, -0.2) is 37.9 Å². The molecule has 1 amide bonds. The maximum Gasteiger partial charge on any atom is 0.306 e. The number of rotatable bonds is 6. The molecule has 1 heterocycles. The molecular weight excluding hydrogens is 342 g/mol. The third kappa shape index (κ3) is 5.85. The summed E-state index contributed by atoms with van der Waals surface area (Å²) in [5.41, 5.74) is 1.81. The standard InChI is InChI=1S/C18H25NO5S/c1-12(2)15-4-6-16(7-5-15)19-18(21)13(3)24-17(20)10-14-8-9-25(22,23)11-14/h4-7,12-14H,8-11H2,1-3H3,(H,19,21)/t13-,14+/m1/s1. The van der Waals surface area contributed by atoms with E-state index in [1.807, 2.05) is 24.3 Å². The van der Waals surface area contributed by atoms with Gasteiger partial charge in [-0.05, 0) is 42.9 Å². The summed E-state index contributed by atoms with van der Waals surface area (Å²) in [5.74, 6) is -0.622. The van der Waals surface area contributed by atoms with E-state index in [4.69, 9.17) is 4.74 Å². The Morgan fingerprint density at radius 3 is 2.36 bits per heavy atom. The molecule has 0 spiro atoms. The van der Waals surface area contributed by atoms with Crippen LogP contribution in [0.5, 0.6) is 0 Å². The second-order valence-corrected chi connectivity index (χ2v) is 9.10. The molecule has 138 valence electrons. The van der Waals surface area contributed by atoms with Crippen molar-refractivity contribution >= 4 is 27.4 Å². The van der Waals surface area contributed by atoms with E-state index < -0.39 is 27.8 Å². The minimum absolute atomic E-state index is 0.0187. The van der Waals surface area contributed by atoms with Crippen LogP contribution in [0.2, 0.25) is 0 Å². The van der Waals surface area contributed by atoms with Crippen LogP contribution in [0, 0.1) is 5.92 Å². The van der Waals surface area contributed by atoms with Crippen LogP contribution in [0.4, 0.5) is 5.69 Å². The van der Waals surface area contributed by atoms with Crippen LogP contribution in [0.3, 0.4) is 0 Å². The minimum atomic E-state index is -3.02. The molecule has 1 N–H and O–H groups in total. The highest BCUT2D eigenvalue weighted by atomic mass is 32.2. The molecule has 0 saturated carbocycles. The number of carbonyl (C=O) groups excluding carboxylic acids is 2. The van der Waals surface area contributed by atoms with E-state index in [0.717, 1.165) is 0 Å². The van der Waals surface area contributed by atoms with Gasteiger partial charge in [-0.1, -0.05) is 26.0 Å². The number of hydrogen-bond acceptors (Lipinski definition) is 5. The summed E-state index contributed by atoms with van der Waals surface area (Å²) in [6, 6.07) is 7.51. The Balaban J connectivity index is 1.82. The highest BCUT2D eigenvalue weighted by Gasteiger charge is 2.30. The summed E-state index contributed by atoms with van der Waals surface area (Å²) < 4.78 is 27.9. The zero-order valence-corrected chi connectivity index (χ0v) is 15.6. The van der Waals surface area contributed by atoms with Crippen molar-refractivity contribution in [2.24, 2.45) is 5.92 Å². The van der Waals surface area contributed by atoms with Crippen LogP contribution >= 0.6 is 0 Å². The van der Waals surface area contributed by atoms with Gasteiger partial charge in [-0.25, -0.2) is 8.42 Å². The maximum absolute atomic E-state index is 12.1. The van der Waals surface area contributed by atoms with E-state index in [0.29, 0.717) is 18.0 Å². The summed E-state index contributed by atoms with van der Waals surface area (Å²) in [5, 5.41) is 2.71. The summed E-state index contributed by atoms with van der Waals surface area (Å²) in [7, 11) is -3.02. The number of ether oxygens (including phenoxy) is 1. The van der Waals surface area contributed by atoms with E-state index in [2.05, 4.69) is 19.2 Å². The van der Waals surface area contributed by atoms with Crippen molar-refractivity contribution in [1.82, 2.24) is 0 Å². The first-order chi connectivity index (χ1) is 11.7. The van der Waals surface area contributed by atoms with Crippen molar-refractivity contribution in [2.75, 3.05) is 16.8 Å². The fraction of sp³-hybridized carbons (Fsp3) is 0.556. The van der Waals surface area contributed by atoms with Gasteiger partial charge in [0.2, 0.25) is 0 Å². The molecule has 2 rings (SSSR count). The van der Waals surface area contributed by atoms with Crippen molar-refractivity contribution in [3.63, 3.8) is 0 Å². The fourth-order valence-electron chi connectivity index (χ4n) is 2.76. The van der Waals surface area contributed by atoms with Crippen LogP contribution in [-0.2, 0) is 24.2 Å². The Bertz CT molecular complexity index is 724. The molecule has 0 bridgehead atoms. The minimum Gasteiger partial charge on any atom is -0.453 e. The lowest BCUT2D eigenvalue weighted by Gasteiger charge is -2.15. The normalized spacial score (nSPS) is 20.2. The first-order valence-corrected chi connectivity index (χ1v) is 10.3. The summed E-state index contributed by atoms with van der Waals surface area (Å²) >= 11 is 0. The van der Waals surface area contributed by atoms with Crippen molar-refractivity contribution in [3.05, 3.63) is 29.8 Å². The highest BCUT2D eigenvalue weighted by Crippen LogP contribution is 2.22. The van der Waals surface area contributed by atoms with Crippen LogP contribution in [0.1, 0.15) is 45.1 Å². The van der Waals surface area contributed by atoms with Crippen LogP contribution in [0.15, 0.2) is 24.3 Å². The third-order valence-electron chi connectivity index (χ3n) is 4.30. The Hall–Kier alpha value is -1.89. The average Bonchev–Trinajstić information content (AvgIpc) is 2.86. The largest absolute Gasteiger partial charge is 0.453 e. The summed E-state index contributed by atoms with van der Waals surface area (Å²) in [6.07, 6.45) is -0.435. The maximum atomic E-state index is 12.1. The van der Waals surface area contributed by atoms with Gasteiger partial charge < -0.3 is 10.1 Å². The first kappa shape index (κ1) is 19.4. The number of benzene rings is 1. The van der Waals surface area contributed by atoms with Crippen molar-refractivity contribution in [2.45, 2.75) is 45.6 Å². The van der Waals surface area contributed by atoms with Gasteiger partial charge in [0.1, 0.15) is 0 Å². The number of hydrogen-bond donors (Lipinski definition) is 1. The molecule has 1 saturated heterocycles. The molecule has 25 heavy (non-hydrogen) atoms. The zero-order chi connectivity index (χ0) is 18.6. The van der Waals surface area contributed by atoms with E-state index in [1.165, 1.54) is 12.5 Å². The van der Waals surface area contributed by atoms with Gasteiger partial charge in [0.15, 0.2) is 15.9 Å². The SMILES string of the molecule is CC(C)c1ccc(NC(=O)[C@@H](C)OC(=O)C[C@@H]2CCS(=O)(=O)C2)cc1. The second kappa shape index (κ2) is 7.99. The van der Waals surface area contributed by atoms with Crippen LogP contribution < -0.4 is 5.32 Å². The molecule has 1 aromatic carbocycles. The first-order valence-electron chi connectivity index (χ1n) is 8.47. The molecule has 1 fully saturated rings. The summed E-state index contributed by atoms with van der Waals surface area (Å²) in [4.78, 5) is 24.0. The van der Waals surface area contributed by atoms with E-state index in [-0.39, 0.29) is 23.8 Å². The van der Waals surface area contributed by atoms with Gasteiger partial charge in [-0.3, -0.25) is 9.59 Å². The molecule has 0 radical (unpaired) electrons. The Kier molecular flexibility index (Phi) is 6.21. The van der Waals surface area contributed by atoms with Gasteiger partial charge in [0, 0.05) is 12.1 Å². The quantitative estimate of drug-likeness (QED) is 0.780. The Morgan fingerprint density at radius 2 is 1.84 bits per heavy atom. The molecule has 2 atom stereocenters. The lowest BCUT2D eigenvalue weighted by molar-refractivity contribution is -0.153. The van der Waals surface area contributed by atoms with E-state index in [9.17, 15) is 18.0 Å². The molecular formula is C18H25NO5S. The van der Waals surface area contributed by atoms with E-state index in [1.54, 1.807) is 0 Å². The molecule has 0 aromatic heterocycles. The lowest BCUT2D eigenvalue weighted by atomic mass is 10.0. The van der Waals surface area contributed by atoms with Crippen molar-refractivity contribution in [3.8, 4) is 0 Å². The number of anilines is 1. The number of esters is 1. The topological polar surface area (TPSA) is 89.5 Å². The monoisotopic (exact) mass is 367 g/mol. The fourth-order valence-corrected chi connectivity index (χ4v) is 4.62. The predicted molar refractivity (Wildman–Crippen MR) is 96.1 cm³/mol. The molecule has 6 nitrogen and oxygen atoms in total. The van der Waals surface area contributed by atoms with Crippen LogP contribution in [0.25, 0.3) is 0 Å². The van der Waals surface area contributed by atoms with Gasteiger partial charge >= 0.3 is 5.97 Å². The second-order valence-electron chi connectivity index (χ2n) is 6.87. The number of amides is 1. The molecule has 1 aliphatic rings. The number of nitrogens with one attached hydrogen (secondary N) is 1. The molecule has 0 aliphatic carbocycles. The van der Waals surface area contributed by atoms with Crippen molar-refractivity contribution < 1.29 is 22.7 Å².